The van der Waals surface area contributed by atoms with Crippen molar-refractivity contribution in [3.05, 3.63) is 35.9 Å². The van der Waals surface area contributed by atoms with Crippen molar-refractivity contribution >= 4 is 59.1 Å². The first-order valence-corrected chi connectivity index (χ1v) is 19.0. The van der Waals surface area contributed by atoms with Crippen LogP contribution in [-0.2, 0) is 54.4 Å². The molecule has 13 N–H and O–H groups in total. The maximum atomic E-state index is 14.0. The van der Waals surface area contributed by atoms with Crippen LogP contribution in [0.15, 0.2) is 30.3 Å². The third kappa shape index (κ3) is 15.8. The number of amides is 9. The Balaban J connectivity index is 2.22. The molecule has 1 aliphatic rings. The third-order valence-electron chi connectivity index (χ3n) is 9.56. The third-order valence-corrected chi connectivity index (χ3v) is 9.56. The predicted octanol–water partition coefficient (Wildman–Crippen LogP) is -3.60. The maximum absolute atomic E-state index is 14.0. The van der Waals surface area contributed by atoms with Crippen LogP contribution in [0.5, 0.6) is 0 Å². The number of carbonyl (C=O) groups excluding carboxylic acids is 9. The molecule has 9 amide bonds. The standard InChI is InChI=1S/C37H56N10O11/c1-4-20(2)31(36(56)42-21(3)32(52)41-19-29(50)43-24(37(57)58)13-15-28(40)49)46-34(54)25(17-22-9-6-5-7-10-22)45-33(53)23(12-14-27(39)48)44-35(55)26-11-8-16-47(26)30(51)18-38/h5-7,9-10,20-21,23-26,31H,4,8,11-19,38H2,1-3H3,(H2,39,48)(H2,40,49)(H,41,52)(H,42,56)(H,43,50)(H,44,55)(H,45,53)(H,46,54)(H,57,58)/t20-,21-,23-,24-,25-,26-,31-/m0/s1. The lowest BCUT2D eigenvalue weighted by Gasteiger charge is -2.29. The first-order valence-electron chi connectivity index (χ1n) is 19.0. The number of carboxylic acids is 1. The number of hydrogen-bond acceptors (Lipinski definition) is 11. The molecular weight excluding hydrogens is 760 g/mol. The van der Waals surface area contributed by atoms with Crippen LogP contribution in [-0.4, -0.2) is 125 Å². The van der Waals surface area contributed by atoms with E-state index in [4.69, 9.17) is 17.2 Å². The fourth-order valence-corrected chi connectivity index (χ4v) is 6.04. The molecule has 0 saturated carbocycles. The van der Waals surface area contributed by atoms with Crippen molar-refractivity contribution in [2.45, 2.75) is 108 Å². The number of hydrogen-bond donors (Lipinski definition) is 10. The van der Waals surface area contributed by atoms with Gasteiger partial charge in [0.1, 0.15) is 36.3 Å². The smallest absolute Gasteiger partial charge is 0.326 e. The van der Waals surface area contributed by atoms with Gasteiger partial charge in [-0.3, -0.25) is 43.2 Å². The molecule has 7 atom stereocenters. The van der Waals surface area contributed by atoms with E-state index in [0.29, 0.717) is 31.4 Å². The number of nitrogens with two attached hydrogens (primary N) is 3. The predicted molar refractivity (Wildman–Crippen MR) is 206 cm³/mol. The van der Waals surface area contributed by atoms with E-state index >= 15 is 0 Å². The molecule has 0 radical (unpaired) electrons. The number of nitrogens with zero attached hydrogens (tertiary/aromatic N) is 1. The van der Waals surface area contributed by atoms with Crippen LogP contribution in [0.25, 0.3) is 0 Å². The van der Waals surface area contributed by atoms with Gasteiger partial charge in [0.2, 0.25) is 53.2 Å². The molecule has 2 rings (SSSR count). The van der Waals surface area contributed by atoms with E-state index in [2.05, 4.69) is 31.9 Å². The van der Waals surface area contributed by atoms with Crippen molar-refractivity contribution < 1.29 is 53.1 Å². The van der Waals surface area contributed by atoms with Gasteiger partial charge < -0.3 is 59.1 Å². The quantitative estimate of drug-likeness (QED) is 0.0484. The Morgan fingerprint density at radius 1 is 0.776 bits per heavy atom. The van der Waals surface area contributed by atoms with Gasteiger partial charge in [0.25, 0.3) is 0 Å². The minimum Gasteiger partial charge on any atom is -0.480 e. The Bertz CT molecular complexity index is 1660. The van der Waals surface area contributed by atoms with E-state index in [9.17, 15) is 53.1 Å². The minimum absolute atomic E-state index is 0.0582. The van der Waals surface area contributed by atoms with Crippen molar-refractivity contribution in [2.75, 3.05) is 19.6 Å². The molecule has 0 unspecified atom stereocenters. The van der Waals surface area contributed by atoms with Gasteiger partial charge in [-0.1, -0.05) is 50.6 Å². The lowest BCUT2D eigenvalue weighted by Crippen LogP contribution is -2.60. The van der Waals surface area contributed by atoms with E-state index in [1.807, 2.05) is 0 Å². The Kier molecular flexibility index (Phi) is 19.7. The average molecular weight is 817 g/mol. The van der Waals surface area contributed by atoms with E-state index in [1.54, 1.807) is 44.2 Å². The number of likely N-dealkylation sites (tertiary alicyclic amines) is 1. The molecule has 320 valence electrons. The molecule has 0 aliphatic carbocycles. The van der Waals surface area contributed by atoms with Crippen LogP contribution in [0.2, 0.25) is 0 Å². The zero-order valence-corrected chi connectivity index (χ0v) is 32.9. The van der Waals surface area contributed by atoms with Crippen LogP contribution >= 0.6 is 0 Å². The van der Waals surface area contributed by atoms with Gasteiger partial charge in [-0.2, -0.15) is 0 Å². The van der Waals surface area contributed by atoms with Gasteiger partial charge in [0.15, 0.2) is 0 Å². The average Bonchev–Trinajstić information content (AvgIpc) is 3.68. The number of benzene rings is 1. The topological polar surface area (TPSA) is 344 Å². The highest BCUT2D eigenvalue weighted by atomic mass is 16.4. The summed E-state index contributed by atoms with van der Waals surface area (Å²) in [5.41, 5.74) is 16.5. The van der Waals surface area contributed by atoms with Crippen LogP contribution in [0.4, 0.5) is 0 Å². The largest absolute Gasteiger partial charge is 0.480 e. The maximum Gasteiger partial charge on any atom is 0.326 e. The van der Waals surface area contributed by atoms with Crippen molar-refractivity contribution in [3.63, 3.8) is 0 Å². The summed E-state index contributed by atoms with van der Waals surface area (Å²) in [5.74, 6) is -8.58. The molecule has 21 nitrogen and oxygen atoms in total. The van der Waals surface area contributed by atoms with E-state index in [0.717, 1.165) is 0 Å². The normalized spacial score (nSPS) is 16.6. The number of aliphatic carboxylic acids is 1. The number of carbonyl (C=O) groups is 10. The summed E-state index contributed by atoms with van der Waals surface area (Å²) in [4.78, 5) is 128. The van der Waals surface area contributed by atoms with Gasteiger partial charge in [0, 0.05) is 25.8 Å². The molecule has 0 spiro atoms. The molecule has 1 aromatic carbocycles. The number of primary amides is 2. The Hall–Kier alpha value is -6.12. The van der Waals surface area contributed by atoms with Gasteiger partial charge in [-0.25, -0.2) is 4.79 Å². The van der Waals surface area contributed by atoms with Crippen molar-refractivity contribution in [2.24, 2.45) is 23.1 Å². The molecule has 0 bridgehead atoms. The summed E-state index contributed by atoms with van der Waals surface area (Å²) < 4.78 is 0. The van der Waals surface area contributed by atoms with Gasteiger partial charge in [-0.15, -0.1) is 0 Å². The van der Waals surface area contributed by atoms with Gasteiger partial charge in [0.05, 0.1) is 13.1 Å². The zero-order chi connectivity index (χ0) is 43.5. The fourth-order valence-electron chi connectivity index (χ4n) is 6.04. The van der Waals surface area contributed by atoms with Gasteiger partial charge >= 0.3 is 5.97 Å². The molecule has 21 heteroatoms. The Labute approximate surface area is 335 Å². The van der Waals surface area contributed by atoms with Crippen LogP contribution < -0.4 is 49.1 Å². The minimum atomic E-state index is -1.43. The summed E-state index contributed by atoms with van der Waals surface area (Å²) >= 11 is 0. The molecule has 0 aromatic heterocycles. The van der Waals surface area contributed by atoms with Crippen molar-refractivity contribution in [1.82, 2.24) is 36.8 Å². The highest BCUT2D eigenvalue weighted by molar-refractivity contribution is 5.97. The van der Waals surface area contributed by atoms with Crippen molar-refractivity contribution in [1.29, 1.82) is 0 Å². The number of rotatable bonds is 24. The molecule has 1 aliphatic heterocycles. The van der Waals surface area contributed by atoms with Crippen LogP contribution in [0.1, 0.15) is 71.3 Å². The summed E-state index contributed by atoms with van der Waals surface area (Å²) in [6.45, 7) is 4.10. The SMILES string of the molecule is CC[C@H](C)[C@H](NC(=O)[C@H](Cc1ccccc1)NC(=O)[C@H](CCC(N)=O)NC(=O)[C@@H]1CCCN1C(=O)CN)C(=O)N[C@@H](C)C(=O)NCC(=O)N[C@@H](CCC(N)=O)C(=O)O. The van der Waals surface area contributed by atoms with Crippen molar-refractivity contribution in [3.8, 4) is 0 Å². The molecule has 58 heavy (non-hydrogen) atoms. The van der Waals surface area contributed by atoms with Crippen LogP contribution in [0, 0.1) is 5.92 Å². The molecule has 1 fully saturated rings. The Morgan fingerprint density at radius 3 is 1.95 bits per heavy atom. The van der Waals surface area contributed by atoms with E-state index in [1.165, 1.54) is 11.8 Å². The molecule has 1 heterocycles. The lowest BCUT2D eigenvalue weighted by atomic mass is 9.96. The molecule has 1 aromatic rings. The first-order chi connectivity index (χ1) is 27.4. The van der Waals surface area contributed by atoms with Gasteiger partial charge in [-0.05, 0) is 44.1 Å². The lowest BCUT2D eigenvalue weighted by molar-refractivity contribution is -0.142. The number of nitrogens with one attached hydrogen (secondary N) is 6. The second-order valence-electron chi connectivity index (χ2n) is 14.0. The molecule has 1 saturated heterocycles. The summed E-state index contributed by atoms with van der Waals surface area (Å²) in [5, 5.41) is 24.2. The summed E-state index contributed by atoms with van der Waals surface area (Å²) in [7, 11) is 0. The van der Waals surface area contributed by atoms with E-state index in [-0.39, 0.29) is 38.6 Å². The zero-order valence-electron chi connectivity index (χ0n) is 32.9. The van der Waals surface area contributed by atoms with E-state index < -0.39 is 108 Å². The molecular formula is C37H56N10O11. The fraction of sp³-hybridized carbons (Fsp3) is 0.568. The van der Waals surface area contributed by atoms with Crippen LogP contribution in [0.3, 0.4) is 0 Å². The number of carboxylic acid groups (broad SMARTS) is 1. The monoisotopic (exact) mass is 816 g/mol. The summed E-state index contributed by atoms with van der Waals surface area (Å²) in [6.07, 6.45) is 0.105. The highest BCUT2D eigenvalue weighted by Crippen LogP contribution is 2.18. The second-order valence-corrected chi connectivity index (χ2v) is 14.0. The summed E-state index contributed by atoms with van der Waals surface area (Å²) in [6, 6.07) is 1.16. The Morgan fingerprint density at radius 2 is 1.38 bits per heavy atom. The second kappa shape index (κ2) is 23.8. The highest BCUT2D eigenvalue weighted by Gasteiger charge is 2.37. The first kappa shape index (κ1) is 48.0.